The number of nitrogens with one attached hydrogen (secondary N) is 1. The molecule has 170 valence electrons. The van der Waals surface area contributed by atoms with Gasteiger partial charge in [-0.1, -0.05) is 17.7 Å². The van der Waals surface area contributed by atoms with Gasteiger partial charge in [-0.2, -0.15) is 15.0 Å². The van der Waals surface area contributed by atoms with E-state index in [4.69, 9.17) is 26.3 Å². The number of benzene rings is 1. The van der Waals surface area contributed by atoms with E-state index in [0.717, 1.165) is 10.2 Å². The molecule has 0 saturated carbocycles. The first kappa shape index (κ1) is 22.7. The Bertz CT molecular complexity index is 1250. The highest BCUT2D eigenvalue weighted by Gasteiger charge is 2.32. The first-order valence-corrected chi connectivity index (χ1v) is 10.7. The molecule has 1 aromatic carbocycles. The van der Waals surface area contributed by atoms with Crippen LogP contribution in [0.1, 0.15) is 24.0 Å². The van der Waals surface area contributed by atoms with E-state index in [1.807, 2.05) is 6.92 Å². The standard InChI is InChI=1S/C23H21ClFN5O3/c1-15-3-4-16(10-26)9-19(15)33-20-6-5-17(11-27-20)30-22(31)21(24)18(12-29-30)28-13-23(25)7-2-8-32-14-23/h3-6,9,11-12,28H,2,7-8,13-14H2,1H3/t23-/m0/s1. The lowest BCUT2D eigenvalue weighted by molar-refractivity contribution is -0.0234. The van der Waals surface area contributed by atoms with Crippen LogP contribution in [0.15, 0.2) is 47.5 Å². The van der Waals surface area contributed by atoms with E-state index in [2.05, 4.69) is 21.5 Å². The van der Waals surface area contributed by atoms with E-state index in [9.17, 15) is 9.18 Å². The van der Waals surface area contributed by atoms with Gasteiger partial charge in [0.2, 0.25) is 5.88 Å². The van der Waals surface area contributed by atoms with E-state index in [1.165, 1.54) is 12.4 Å². The fourth-order valence-electron chi connectivity index (χ4n) is 3.40. The first-order valence-electron chi connectivity index (χ1n) is 10.3. The second-order valence-electron chi connectivity index (χ2n) is 7.80. The second kappa shape index (κ2) is 9.57. The predicted octanol–water partition coefficient (Wildman–Crippen LogP) is 4.18. The van der Waals surface area contributed by atoms with Gasteiger partial charge >= 0.3 is 0 Å². The first-order chi connectivity index (χ1) is 15.9. The monoisotopic (exact) mass is 469 g/mol. The van der Waals surface area contributed by atoms with E-state index in [0.29, 0.717) is 36.4 Å². The van der Waals surface area contributed by atoms with Gasteiger partial charge in [0.15, 0.2) is 5.67 Å². The number of ether oxygens (including phenoxy) is 2. The molecule has 0 aliphatic carbocycles. The second-order valence-corrected chi connectivity index (χ2v) is 8.18. The van der Waals surface area contributed by atoms with Crippen LogP contribution in [0.3, 0.4) is 0 Å². The molecular formula is C23H21ClFN5O3. The van der Waals surface area contributed by atoms with Gasteiger partial charge in [0.25, 0.3) is 5.56 Å². The van der Waals surface area contributed by atoms with Crippen molar-refractivity contribution in [3.05, 3.63) is 69.2 Å². The molecule has 10 heteroatoms. The smallest absolute Gasteiger partial charge is 0.292 e. The Balaban J connectivity index is 1.49. The van der Waals surface area contributed by atoms with Crippen LogP contribution >= 0.6 is 11.6 Å². The third-order valence-electron chi connectivity index (χ3n) is 5.29. The molecule has 1 atom stereocenters. The zero-order chi connectivity index (χ0) is 23.4. The molecule has 4 rings (SSSR count). The Morgan fingerprint density at radius 2 is 2.21 bits per heavy atom. The molecule has 1 saturated heterocycles. The van der Waals surface area contributed by atoms with Crippen LogP contribution in [0.4, 0.5) is 10.1 Å². The maximum Gasteiger partial charge on any atom is 0.292 e. The van der Waals surface area contributed by atoms with Gasteiger partial charge in [-0.25, -0.2) is 9.37 Å². The number of rotatable bonds is 6. The fourth-order valence-corrected chi connectivity index (χ4v) is 3.60. The van der Waals surface area contributed by atoms with Gasteiger partial charge in [0, 0.05) is 12.7 Å². The number of nitrogens with zero attached hydrogens (tertiary/aromatic N) is 4. The Kier molecular flexibility index (Phi) is 6.58. The van der Waals surface area contributed by atoms with Crippen LogP contribution in [0, 0.1) is 18.3 Å². The van der Waals surface area contributed by atoms with E-state index in [1.54, 1.807) is 30.3 Å². The van der Waals surface area contributed by atoms with Gasteiger partial charge in [-0.15, -0.1) is 0 Å². The minimum Gasteiger partial charge on any atom is -0.439 e. The molecule has 1 aliphatic heterocycles. The normalized spacial score (nSPS) is 17.9. The number of hydrogen-bond donors (Lipinski definition) is 1. The van der Waals surface area contributed by atoms with Crippen LogP contribution in [0.2, 0.25) is 5.02 Å². The van der Waals surface area contributed by atoms with Crippen molar-refractivity contribution >= 4 is 17.3 Å². The summed E-state index contributed by atoms with van der Waals surface area (Å²) in [6, 6.07) is 10.4. The molecule has 0 unspecified atom stereocenters. The summed E-state index contributed by atoms with van der Waals surface area (Å²) in [6.07, 6.45) is 3.81. The molecule has 0 amide bonds. The Morgan fingerprint density at radius 3 is 2.91 bits per heavy atom. The molecular weight excluding hydrogens is 449 g/mol. The molecule has 1 aliphatic rings. The van der Waals surface area contributed by atoms with Crippen molar-refractivity contribution in [3.8, 4) is 23.4 Å². The molecule has 1 N–H and O–H groups in total. The van der Waals surface area contributed by atoms with Crippen LogP contribution in [0.25, 0.3) is 5.69 Å². The predicted molar refractivity (Wildman–Crippen MR) is 121 cm³/mol. The topological polar surface area (TPSA) is 102 Å². The van der Waals surface area contributed by atoms with E-state index >= 15 is 0 Å². The van der Waals surface area contributed by atoms with E-state index in [-0.39, 0.29) is 29.7 Å². The Hall–Kier alpha value is -3.48. The highest BCUT2D eigenvalue weighted by molar-refractivity contribution is 6.32. The number of hydrogen-bond acceptors (Lipinski definition) is 7. The van der Waals surface area contributed by atoms with Crippen molar-refractivity contribution in [2.45, 2.75) is 25.4 Å². The van der Waals surface area contributed by atoms with Gasteiger partial charge in [-0.3, -0.25) is 4.79 Å². The molecule has 0 spiro atoms. The molecule has 3 aromatic rings. The average molecular weight is 470 g/mol. The zero-order valence-corrected chi connectivity index (χ0v) is 18.6. The van der Waals surface area contributed by atoms with E-state index < -0.39 is 11.2 Å². The fraction of sp³-hybridized carbons (Fsp3) is 0.304. The third kappa shape index (κ3) is 5.13. The van der Waals surface area contributed by atoms with Crippen LogP contribution < -0.4 is 15.6 Å². The molecule has 2 aromatic heterocycles. The number of alkyl halides is 1. The number of aromatic nitrogens is 3. The van der Waals surface area contributed by atoms with Crippen molar-refractivity contribution in [1.29, 1.82) is 5.26 Å². The summed E-state index contributed by atoms with van der Waals surface area (Å²) in [6.45, 7) is 2.38. The summed E-state index contributed by atoms with van der Waals surface area (Å²) >= 11 is 6.23. The van der Waals surface area contributed by atoms with Gasteiger partial charge < -0.3 is 14.8 Å². The summed E-state index contributed by atoms with van der Waals surface area (Å²) in [5.41, 5.74) is -0.125. The minimum atomic E-state index is -1.51. The van der Waals surface area contributed by atoms with Crippen molar-refractivity contribution in [2.75, 3.05) is 25.1 Å². The lowest BCUT2D eigenvalue weighted by atomic mass is 9.99. The molecule has 33 heavy (non-hydrogen) atoms. The van der Waals surface area contributed by atoms with Crippen molar-refractivity contribution in [1.82, 2.24) is 14.8 Å². The summed E-state index contributed by atoms with van der Waals surface area (Å²) in [5, 5.41) is 16.0. The number of aryl methyl sites for hydroxylation is 1. The maximum atomic E-state index is 14.7. The lowest BCUT2D eigenvalue weighted by Gasteiger charge is -2.29. The quantitative estimate of drug-likeness (QED) is 0.577. The van der Waals surface area contributed by atoms with Crippen LogP contribution in [-0.2, 0) is 4.74 Å². The van der Waals surface area contributed by atoms with Crippen LogP contribution in [0.5, 0.6) is 11.6 Å². The number of pyridine rings is 1. The highest BCUT2D eigenvalue weighted by Crippen LogP contribution is 2.27. The molecule has 8 nitrogen and oxygen atoms in total. The summed E-state index contributed by atoms with van der Waals surface area (Å²) in [5.74, 6) is 0.800. The van der Waals surface area contributed by atoms with Gasteiger partial charge in [-0.05, 0) is 43.5 Å². The van der Waals surface area contributed by atoms with Crippen LogP contribution in [-0.4, -0.2) is 40.2 Å². The molecule has 1 fully saturated rings. The zero-order valence-electron chi connectivity index (χ0n) is 17.8. The number of anilines is 1. The SMILES string of the molecule is Cc1ccc(C#N)cc1Oc1ccc(-n2ncc(NC[C@@]3(F)CCCOC3)c(Cl)c2=O)cn1. The molecule has 3 heterocycles. The maximum absolute atomic E-state index is 14.7. The van der Waals surface area contributed by atoms with Crippen molar-refractivity contribution in [3.63, 3.8) is 0 Å². The largest absolute Gasteiger partial charge is 0.439 e. The molecule has 0 bridgehead atoms. The highest BCUT2D eigenvalue weighted by atomic mass is 35.5. The lowest BCUT2D eigenvalue weighted by Crippen LogP contribution is -2.40. The average Bonchev–Trinajstić information content (AvgIpc) is 2.82. The number of nitriles is 1. The number of halogens is 2. The van der Waals surface area contributed by atoms with Crippen molar-refractivity contribution in [2.24, 2.45) is 0 Å². The van der Waals surface area contributed by atoms with Crippen molar-refractivity contribution < 1.29 is 13.9 Å². The Morgan fingerprint density at radius 1 is 1.36 bits per heavy atom. The summed E-state index contributed by atoms with van der Waals surface area (Å²) in [4.78, 5) is 17.0. The summed E-state index contributed by atoms with van der Waals surface area (Å²) < 4.78 is 26.8. The third-order valence-corrected chi connectivity index (χ3v) is 5.65. The van der Waals surface area contributed by atoms with Gasteiger partial charge in [0.05, 0.1) is 48.6 Å². The summed E-state index contributed by atoms with van der Waals surface area (Å²) in [7, 11) is 0. The van der Waals surface area contributed by atoms with Gasteiger partial charge in [0.1, 0.15) is 10.8 Å². The Labute approximate surface area is 194 Å². The molecule has 0 radical (unpaired) electrons. The minimum absolute atomic E-state index is 0.00251.